The normalized spacial score (nSPS) is 13.4. The number of methoxy groups -OCH3 is 1. The molecule has 1 aliphatic heterocycles. The Labute approximate surface area is 202 Å². The van der Waals surface area contributed by atoms with Crippen LogP contribution < -0.4 is 9.47 Å². The highest BCUT2D eigenvalue weighted by molar-refractivity contribution is 14.1. The highest BCUT2D eigenvalue weighted by atomic mass is 127. The summed E-state index contributed by atoms with van der Waals surface area (Å²) >= 11 is 2.18. The summed E-state index contributed by atoms with van der Waals surface area (Å²) in [5.74, 6) is 0.441. The molecule has 1 heterocycles. The van der Waals surface area contributed by atoms with E-state index in [0.29, 0.717) is 23.7 Å². The van der Waals surface area contributed by atoms with Crippen molar-refractivity contribution in [1.29, 1.82) is 0 Å². The Morgan fingerprint density at radius 1 is 1.00 bits per heavy atom. The molecule has 0 fully saturated rings. The van der Waals surface area contributed by atoms with E-state index in [9.17, 15) is 9.59 Å². The first-order valence-electron chi connectivity index (χ1n) is 10.4. The minimum atomic E-state index is -0.869. The molecule has 0 amide bonds. The number of rotatable bonds is 7. The van der Waals surface area contributed by atoms with Crippen LogP contribution in [-0.2, 0) is 20.9 Å². The van der Waals surface area contributed by atoms with Crippen molar-refractivity contribution >= 4 is 34.5 Å². The van der Waals surface area contributed by atoms with Crippen LogP contribution >= 0.6 is 22.6 Å². The Bertz CT molecular complexity index is 1040. The fourth-order valence-corrected chi connectivity index (χ4v) is 3.92. The van der Waals surface area contributed by atoms with Crippen LogP contribution in [0.4, 0.5) is 0 Å². The first-order chi connectivity index (χ1) is 14.9. The number of cyclic esters (lactones) is 1. The van der Waals surface area contributed by atoms with E-state index in [1.807, 2.05) is 45.0 Å². The number of carbonyl (C=O) groups is 2. The number of benzene rings is 2. The summed E-state index contributed by atoms with van der Waals surface area (Å²) < 4.78 is 23.5. The Morgan fingerprint density at radius 3 is 2.34 bits per heavy atom. The van der Waals surface area contributed by atoms with Gasteiger partial charge in [-0.3, -0.25) is 4.79 Å². The topological polar surface area (TPSA) is 71.1 Å². The zero-order valence-electron chi connectivity index (χ0n) is 19.3. The Morgan fingerprint density at radius 2 is 1.69 bits per heavy atom. The summed E-state index contributed by atoms with van der Waals surface area (Å²) in [4.78, 5) is 24.8. The lowest BCUT2D eigenvalue weighted by Gasteiger charge is -2.27. The van der Waals surface area contributed by atoms with Gasteiger partial charge in [0.05, 0.1) is 28.3 Å². The van der Waals surface area contributed by atoms with Gasteiger partial charge in [-0.05, 0) is 65.6 Å². The maximum absolute atomic E-state index is 12.7. The average Bonchev–Trinajstić information content (AvgIpc) is 3.11. The lowest BCUT2D eigenvalue weighted by molar-refractivity contribution is -0.158. The molecule has 0 saturated heterocycles. The molecule has 0 atom stereocenters. The Hall–Kier alpha value is -2.29. The third kappa shape index (κ3) is 5.19. The third-order valence-corrected chi connectivity index (χ3v) is 5.92. The summed E-state index contributed by atoms with van der Waals surface area (Å²) in [5.41, 5.74) is 1.99. The van der Waals surface area contributed by atoms with Gasteiger partial charge in [-0.2, -0.15) is 0 Å². The van der Waals surface area contributed by atoms with Gasteiger partial charge >= 0.3 is 11.9 Å². The maximum atomic E-state index is 12.7. The number of halogens is 1. The molecule has 0 spiro atoms. The number of hydrogen-bond acceptors (Lipinski definition) is 6. The number of fused-ring (bicyclic) bond motifs is 1. The number of esters is 2. The monoisotopic (exact) mass is 552 g/mol. The molecule has 7 heteroatoms. The van der Waals surface area contributed by atoms with Crippen molar-refractivity contribution in [2.45, 2.75) is 41.2 Å². The van der Waals surface area contributed by atoms with Crippen molar-refractivity contribution in [3.8, 4) is 22.6 Å². The Kier molecular flexibility index (Phi) is 7.07. The SMILES string of the molecule is COc1c(I)ccc(-c2cccc3c2COC3=O)c1OCC(C)(C)C(=O)OCC(C)(C)C. The zero-order chi connectivity index (χ0) is 23.7. The van der Waals surface area contributed by atoms with E-state index in [1.165, 1.54) is 0 Å². The molecular weight excluding hydrogens is 523 g/mol. The van der Waals surface area contributed by atoms with Crippen molar-refractivity contribution in [1.82, 2.24) is 0 Å². The molecule has 0 bridgehead atoms. The quantitative estimate of drug-likeness (QED) is 0.328. The minimum absolute atomic E-state index is 0.101. The summed E-state index contributed by atoms with van der Waals surface area (Å²) in [6.45, 7) is 10.3. The molecule has 0 saturated carbocycles. The van der Waals surface area contributed by atoms with Crippen LogP contribution in [0.15, 0.2) is 30.3 Å². The second-order valence-electron chi connectivity index (χ2n) is 9.67. The first kappa shape index (κ1) is 24.4. The van der Waals surface area contributed by atoms with E-state index in [4.69, 9.17) is 18.9 Å². The summed E-state index contributed by atoms with van der Waals surface area (Å²) in [6, 6.07) is 9.37. The van der Waals surface area contributed by atoms with Crippen molar-refractivity contribution < 1.29 is 28.5 Å². The second kappa shape index (κ2) is 9.29. The largest absolute Gasteiger partial charge is 0.492 e. The minimum Gasteiger partial charge on any atom is -0.492 e. The molecule has 3 rings (SSSR count). The molecule has 0 radical (unpaired) electrons. The lowest BCUT2D eigenvalue weighted by atomic mass is 9.93. The van der Waals surface area contributed by atoms with Crippen LogP contribution in [0, 0.1) is 14.4 Å². The third-order valence-electron chi connectivity index (χ3n) is 5.07. The van der Waals surface area contributed by atoms with E-state index in [0.717, 1.165) is 20.3 Å². The number of ether oxygens (including phenoxy) is 4. The zero-order valence-corrected chi connectivity index (χ0v) is 21.5. The van der Waals surface area contributed by atoms with Crippen molar-refractivity contribution in [3.05, 3.63) is 45.0 Å². The van der Waals surface area contributed by atoms with E-state index >= 15 is 0 Å². The molecule has 172 valence electrons. The molecule has 1 aliphatic rings. The molecule has 32 heavy (non-hydrogen) atoms. The standard InChI is InChI=1S/C25H29IO6/c1-24(2,3)13-32-23(28)25(4,5)14-31-20-16(10-11-19(26)21(20)29-6)15-8-7-9-17-18(15)12-30-22(17)27/h7-11H,12-14H2,1-6H3. The second-order valence-corrected chi connectivity index (χ2v) is 10.8. The van der Waals surface area contributed by atoms with Gasteiger partial charge < -0.3 is 18.9 Å². The van der Waals surface area contributed by atoms with Crippen molar-refractivity contribution in [3.63, 3.8) is 0 Å². The van der Waals surface area contributed by atoms with Gasteiger partial charge in [0.1, 0.15) is 13.2 Å². The summed E-state index contributed by atoms with van der Waals surface area (Å²) in [6.07, 6.45) is 0. The maximum Gasteiger partial charge on any atom is 0.338 e. The Balaban J connectivity index is 1.95. The molecule has 0 unspecified atom stereocenters. The van der Waals surface area contributed by atoms with Gasteiger partial charge in [0.2, 0.25) is 0 Å². The molecule has 2 aromatic carbocycles. The number of carbonyl (C=O) groups excluding carboxylic acids is 2. The summed E-state index contributed by atoms with van der Waals surface area (Å²) in [5, 5.41) is 0. The van der Waals surface area contributed by atoms with E-state index < -0.39 is 5.41 Å². The molecular formula is C25H29IO6. The predicted octanol–water partition coefficient (Wildman–Crippen LogP) is 5.63. The average molecular weight is 552 g/mol. The molecule has 0 N–H and O–H groups in total. The van der Waals surface area contributed by atoms with Crippen LogP contribution in [0.25, 0.3) is 11.1 Å². The van der Waals surface area contributed by atoms with Gasteiger partial charge in [-0.25, -0.2) is 4.79 Å². The molecule has 2 aromatic rings. The van der Waals surface area contributed by atoms with Gasteiger partial charge in [-0.15, -0.1) is 0 Å². The highest BCUT2D eigenvalue weighted by Crippen LogP contribution is 2.44. The van der Waals surface area contributed by atoms with Gasteiger partial charge in [0.15, 0.2) is 11.5 Å². The predicted molar refractivity (Wildman–Crippen MR) is 130 cm³/mol. The van der Waals surface area contributed by atoms with Crippen molar-refractivity contribution in [2.24, 2.45) is 10.8 Å². The van der Waals surface area contributed by atoms with Crippen LogP contribution in [0.5, 0.6) is 11.5 Å². The van der Waals surface area contributed by atoms with Gasteiger partial charge in [0.25, 0.3) is 0 Å². The fraction of sp³-hybridized carbons (Fsp3) is 0.440. The number of hydrogen-bond donors (Lipinski definition) is 0. The van der Waals surface area contributed by atoms with Crippen LogP contribution in [-0.4, -0.2) is 32.3 Å². The van der Waals surface area contributed by atoms with E-state index in [2.05, 4.69) is 22.6 Å². The van der Waals surface area contributed by atoms with E-state index in [-0.39, 0.29) is 30.6 Å². The molecule has 0 aliphatic carbocycles. The fourth-order valence-electron chi connectivity index (χ4n) is 3.27. The smallest absolute Gasteiger partial charge is 0.338 e. The lowest BCUT2D eigenvalue weighted by Crippen LogP contribution is -2.34. The van der Waals surface area contributed by atoms with Crippen molar-refractivity contribution in [2.75, 3.05) is 20.3 Å². The van der Waals surface area contributed by atoms with E-state index in [1.54, 1.807) is 27.0 Å². The molecule has 6 nitrogen and oxygen atoms in total. The molecule has 0 aromatic heterocycles. The van der Waals surface area contributed by atoms with Gasteiger partial charge in [0, 0.05) is 11.1 Å². The van der Waals surface area contributed by atoms with Crippen LogP contribution in [0.3, 0.4) is 0 Å². The van der Waals surface area contributed by atoms with Crippen LogP contribution in [0.1, 0.15) is 50.5 Å². The first-order valence-corrected chi connectivity index (χ1v) is 11.5. The van der Waals surface area contributed by atoms with Gasteiger partial charge in [-0.1, -0.05) is 32.9 Å². The highest BCUT2D eigenvalue weighted by Gasteiger charge is 2.33. The summed E-state index contributed by atoms with van der Waals surface area (Å²) in [7, 11) is 1.58. The van der Waals surface area contributed by atoms with Crippen LogP contribution in [0.2, 0.25) is 0 Å².